The highest BCUT2D eigenvalue weighted by atomic mass is 31.1. The fourth-order valence-electron chi connectivity index (χ4n) is 3.27. The molecule has 1 heterocycles. The van der Waals surface area contributed by atoms with E-state index in [1.54, 1.807) is 19.2 Å². The molecule has 1 fully saturated rings. The number of methoxy groups -OCH3 is 2. The topological polar surface area (TPSA) is 41.9 Å². The van der Waals surface area contributed by atoms with Gasteiger partial charge < -0.3 is 14.6 Å². The van der Waals surface area contributed by atoms with E-state index in [1.807, 2.05) is 12.1 Å². The summed E-state index contributed by atoms with van der Waals surface area (Å²) in [4.78, 5) is 2.37. The van der Waals surface area contributed by atoms with Crippen LogP contribution in [-0.2, 0) is 6.54 Å². The number of phenols is 1. The maximum Gasteiger partial charge on any atom is 0.165 e. The highest BCUT2D eigenvalue weighted by Gasteiger charge is 2.16. The molecule has 1 N–H and O–H groups in total. The average Bonchev–Trinajstić information content (AvgIpc) is 2.66. The molecule has 0 bridgehead atoms. The monoisotopic (exact) mass is 377 g/mol. The van der Waals surface area contributed by atoms with E-state index in [0.29, 0.717) is 11.5 Å². The van der Waals surface area contributed by atoms with Crippen LogP contribution in [0.4, 0.5) is 4.39 Å². The zero-order chi connectivity index (χ0) is 18.5. The molecular weight excluding hydrogens is 352 g/mol. The first-order valence-electron chi connectivity index (χ1n) is 8.83. The summed E-state index contributed by atoms with van der Waals surface area (Å²) in [5.41, 5.74) is 0.978. The van der Waals surface area contributed by atoms with E-state index in [4.69, 9.17) is 9.47 Å². The molecular formula is C20H25FNO3P. The van der Waals surface area contributed by atoms with Crippen molar-refractivity contribution in [3.63, 3.8) is 0 Å². The quantitative estimate of drug-likeness (QED) is 0.786. The van der Waals surface area contributed by atoms with E-state index in [9.17, 15) is 9.50 Å². The van der Waals surface area contributed by atoms with E-state index < -0.39 is 0 Å². The molecule has 0 radical (unpaired) electrons. The van der Waals surface area contributed by atoms with Crippen LogP contribution in [0.2, 0.25) is 0 Å². The van der Waals surface area contributed by atoms with E-state index in [0.717, 1.165) is 35.8 Å². The first-order valence-corrected chi connectivity index (χ1v) is 9.83. The summed E-state index contributed by atoms with van der Waals surface area (Å²) in [5, 5.41) is 12.2. The van der Waals surface area contributed by atoms with Crippen LogP contribution in [0.5, 0.6) is 17.2 Å². The van der Waals surface area contributed by atoms with Gasteiger partial charge in [0.05, 0.1) is 14.2 Å². The third-order valence-electron chi connectivity index (χ3n) is 4.68. The number of hydrogen-bond donors (Lipinski definition) is 1. The summed E-state index contributed by atoms with van der Waals surface area (Å²) in [7, 11) is 3.28. The van der Waals surface area contributed by atoms with Gasteiger partial charge in [0.15, 0.2) is 11.5 Å². The molecule has 1 aliphatic rings. The summed E-state index contributed by atoms with van der Waals surface area (Å²) in [6.07, 6.45) is 3.66. The Hall–Kier alpha value is -1.84. The molecule has 1 atom stereocenters. The van der Waals surface area contributed by atoms with Crippen LogP contribution >= 0.6 is 8.58 Å². The minimum absolute atomic E-state index is 0.111. The van der Waals surface area contributed by atoms with Crippen LogP contribution in [-0.4, -0.2) is 37.3 Å². The lowest BCUT2D eigenvalue weighted by Gasteiger charge is -2.27. The van der Waals surface area contributed by atoms with Crippen LogP contribution in [0.3, 0.4) is 0 Å². The Morgan fingerprint density at radius 1 is 1.04 bits per heavy atom. The number of halogens is 1. The maximum atomic E-state index is 13.9. The van der Waals surface area contributed by atoms with Gasteiger partial charge in [0, 0.05) is 17.9 Å². The molecule has 0 spiro atoms. The van der Waals surface area contributed by atoms with Gasteiger partial charge in [-0.2, -0.15) is 0 Å². The fraction of sp³-hybridized carbons (Fsp3) is 0.400. The number of piperidine rings is 1. The lowest BCUT2D eigenvalue weighted by molar-refractivity contribution is 0.221. The van der Waals surface area contributed by atoms with Gasteiger partial charge in [-0.1, -0.05) is 21.1 Å². The van der Waals surface area contributed by atoms with Crippen molar-refractivity contribution < 1.29 is 19.0 Å². The van der Waals surface area contributed by atoms with Crippen molar-refractivity contribution in [2.24, 2.45) is 0 Å². The summed E-state index contributed by atoms with van der Waals surface area (Å²) in [6.45, 7) is 2.84. The second kappa shape index (κ2) is 8.70. The van der Waals surface area contributed by atoms with Crippen molar-refractivity contribution in [3.05, 3.63) is 41.7 Å². The molecule has 140 valence electrons. The highest BCUT2D eigenvalue weighted by Crippen LogP contribution is 2.33. The van der Waals surface area contributed by atoms with Gasteiger partial charge >= 0.3 is 0 Å². The minimum atomic E-state index is -0.224. The number of rotatable bonds is 6. The number of nitrogens with zero attached hydrogens (tertiary/aromatic N) is 1. The van der Waals surface area contributed by atoms with Crippen molar-refractivity contribution >= 4 is 19.2 Å². The van der Waals surface area contributed by atoms with Crippen molar-refractivity contribution in [2.75, 3.05) is 27.3 Å². The maximum absolute atomic E-state index is 13.9. The Morgan fingerprint density at radius 2 is 1.81 bits per heavy atom. The zero-order valence-corrected chi connectivity index (χ0v) is 16.2. The lowest BCUT2D eigenvalue weighted by Crippen LogP contribution is -2.30. The molecule has 26 heavy (non-hydrogen) atoms. The molecule has 3 rings (SSSR count). The molecule has 2 aromatic rings. The van der Waals surface area contributed by atoms with Gasteiger partial charge in [-0.05, 0) is 55.0 Å². The first kappa shape index (κ1) is 18.9. The van der Waals surface area contributed by atoms with Crippen molar-refractivity contribution in [3.8, 4) is 17.2 Å². The summed E-state index contributed by atoms with van der Waals surface area (Å²) in [6, 6.07) is 8.38. The molecule has 1 aliphatic heterocycles. The lowest BCUT2D eigenvalue weighted by atomic mass is 10.1. The fourth-order valence-corrected chi connectivity index (χ4v) is 4.49. The van der Waals surface area contributed by atoms with Crippen LogP contribution in [0.25, 0.3) is 0 Å². The summed E-state index contributed by atoms with van der Waals surface area (Å²) in [5.74, 6) is 0.895. The van der Waals surface area contributed by atoms with Gasteiger partial charge in [0.2, 0.25) is 0 Å². The van der Waals surface area contributed by atoms with E-state index in [1.165, 1.54) is 32.4 Å². The highest BCUT2D eigenvalue weighted by molar-refractivity contribution is 7.55. The van der Waals surface area contributed by atoms with Gasteiger partial charge in [-0.25, -0.2) is 4.39 Å². The Labute approximate surface area is 155 Å². The number of phenolic OH excluding ortho intramolecular Hbond substituents is 1. The Balaban J connectivity index is 1.90. The molecule has 0 saturated carbocycles. The number of aromatic hydroxyl groups is 1. The molecule has 1 unspecified atom stereocenters. The van der Waals surface area contributed by atoms with Crippen molar-refractivity contribution in [1.82, 2.24) is 4.90 Å². The Morgan fingerprint density at radius 3 is 2.50 bits per heavy atom. The molecule has 0 aliphatic carbocycles. The average molecular weight is 377 g/mol. The first-order chi connectivity index (χ1) is 12.6. The Kier molecular flexibility index (Phi) is 6.33. The van der Waals surface area contributed by atoms with E-state index in [-0.39, 0.29) is 20.1 Å². The molecule has 1 saturated heterocycles. The summed E-state index contributed by atoms with van der Waals surface area (Å²) < 4.78 is 24.4. The van der Waals surface area contributed by atoms with Gasteiger partial charge in [0.1, 0.15) is 11.6 Å². The molecule has 0 amide bonds. The predicted molar refractivity (Wildman–Crippen MR) is 104 cm³/mol. The third-order valence-corrected chi connectivity index (χ3v) is 6.09. The molecule has 4 nitrogen and oxygen atoms in total. The number of benzene rings is 2. The van der Waals surface area contributed by atoms with Crippen molar-refractivity contribution in [1.29, 1.82) is 0 Å². The second-order valence-electron chi connectivity index (χ2n) is 6.49. The van der Waals surface area contributed by atoms with E-state index in [2.05, 4.69) is 4.90 Å². The predicted octanol–water partition coefficient (Wildman–Crippen LogP) is 3.16. The summed E-state index contributed by atoms with van der Waals surface area (Å²) >= 11 is 0. The number of hydrogen-bond acceptors (Lipinski definition) is 4. The van der Waals surface area contributed by atoms with Crippen LogP contribution in [0.1, 0.15) is 24.8 Å². The number of likely N-dealkylation sites (tertiary alicyclic amines) is 1. The van der Waals surface area contributed by atoms with Crippen LogP contribution in [0, 0.1) is 5.82 Å². The van der Waals surface area contributed by atoms with Crippen molar-refractivity contribution in [2.45, 2.75) is 25.8 Å². The number of ether oxygens (including phenoxy) is 2. The second-order valence-corrected chi connectivity index (χ2v) is 7.82. The smallest absolute Gasteiger partial charge is 0.165 e. The van der Waals surface area contributed by atoms with Gasteiger partial charge in [0.25, 0.3) is 0 Å². The van der Waals surface area contributed by atoms with E-state index >= 15 is 0 Å². The molecule has 0 aromatic heterocycles. The zero-order valence-electron chi connectivity index (χ0n) is 15.2. The van der Waals surface area contributed by atoms with Crippen LogP contribution in [0.15, 0.2) is 30.3 Å². The largest absolute Gasteiger partial charge is 0.504 e. The van der Waals surface area contributed by atoms with Crippen LogP contribution < -0.4 is 20.1 Å². The van der Waals surface area contributed by atoms with Gasteiger partial charge in [-0.3, -0.25) is 4.90 Å². The normalized spacial score (nSPS) is 15.5. The van der Waals surface area contributed by atoms with Gasteiger partial charge in [-0.15, -0.1) is 0 Å². The minimum Gasteiger partial charge on any atom is -0.504 e. The molecule has 6 heteroatoms. The SMILES string of the molecule is COc1cc(OC)c(O)c(Pc2ccc(F)cc2CN2CCCCC2)c1. The Bertz CT molecular complexity index is 763. The third kappa shape index (κ3) is 4.46. The molecule has 2 aromatic carbocycles. The standard InChI is InChI=1S/C20H25FNO3P/c1-24-16-11-17(25-2)20(23)19(12-16)26-18-7-6-15(21)10-14(18)13-22-8-4-3-5-9-22/h6-7,10-12,23,26H,3-5,8-9,13H2,1-2H3.